The van der Waals surface area contributed by atoms with Crippen molar-refractivity contribution in [2.75, 3.05) is 0 Å². The molecule has 1 N–H and O–H groups in total. The number of allylic oxidation sites excluding steroid dienone is 1. The summed E-state index contributed by atoms with van der Waals surface area (Å²) in [6, 6.07) is 8.04. The summed E-state index contributed by atoms with van der Waals surface area (Å²) in [6.45, 7) is 9.23. The molecule has 0 spiro atoms. The molecule has 2 aliphatic rings. The van der Waals surface area contributed by atoms with Crippen LogP contribution < -0.4 is 0 Å². The predicted molar refractivity (Wildman–Crippen MR) is 97.6 cm³/mol. The summed E-state index contributed by atoms with van der Waals surface area (Å²) in [7, 11) is 0. The van der Waals surface area contributed by atoms with E-state index in [0.717, 1.165) is 17.8 Å². The van der Waals surface area contributed by atoms with Crippen molar-refractivity contribution in [1.29, 1.82) is 0 Å². The SMILES string of the molecule is C=C1CC(C)CCC1C(c1ccc(O)cc1)C1CCC(C)CC1. The summed E-state index contributed by atoms with van der Waals surface area (Å²) in [4.78, 5) is 0. The second-order valence-corrected chi connectivity index (χ2v) is 8.29. The lowest BCUT2D eigenvalue weighted by Gasteiger charge is -2.41. The van der Waals surface area contributed by atoms with Gasteiger partial charge in [-0.1, -0.05) is 51.0 Å². The standard InChI is InChI=1S/C22H32O/c1-15-4-7-18(8-5-15)22(19-9-11-20(23)12-10-19)21-13-6-16(2)14-17(21)3/h9-12,15-16,18,21-23H,3-8,13-14H2,1-2H3. The van der Waals surface area contributed by atoms with E-state index in [1.165, 1.54) is 56.1 Å². The second kappa shape index (κ2) is 7.11. The third kappa shape index (κ3) is 3.82. The summed E-state index contributed by atoms with van der Waals surface area (Å²) in [5.41, 5.74) is 2.89. The van der Waals surface area contributed by atoms with Gasteiger partial charge in [-0.25, -0.2) is 0 Å². The average molecular weight is 312 g/mol. The van der Waals surface area contributed by atoms with E-state index in [0.29, 0.717) is 17.6 Å². The van der Waals surface area contributed by atoms with Crippen molar-refractivity contribution in [3.8, 4) is 5.75 Å². The fraction of sp³-hybridized carbons (Fsp3) is 0.636. The molecule has 0 heterocycles. The van der Waals surface area contributed by atoms with E-state index < -0.39 is 0 Å². The van der Waals surface area contributed by atoms with Crippen LogP contribution in [0.3, 0.4) is 0 Å². The highest BCUT2D eigenvalue weighted by molar-refractivity contribution is 5.31. The first-order valence-corrected chi connectivity index (χ1v) is 9.51. The molecular formula is C22H32O. The molecule has 2 aliphatic carbocycles. The van der Waals surface area contributed by atoms with Crippen molar-refractivity contribution >= 4 is 0 Å². The Morgan fingerprint density at radius 1 is 0.913 bits per heavy atom. The van der Waals surface area contributed by atoms with Gasteiger partial charge in [0.2, 0.25) is 0 Å². The molecule has 23 heavy (non-hydrogen) atoms. The molecule has 0 aliphatic heterocycles. The zero-order valence-electron chi connectivity index (χ0n) is 14.8. The van der Waals surface area contributed by atoms with E-state index in [4.69, 9.17) is 0 Å². The molecule has 1 nitrogen and oxygen atoms in total. The molecule has 3 rings (SSSR count). The van der Waals surface area contributed by atoms with Crippen molar-refractivity contribution in [2.24, 2.45) is 23.7 Å². The lowest BCUT2D eigenvalue weighted by atomic mass is 9.63. The number of rotatable bonds is 3. The highest BCUT2D eigenvalue weighted by atomic mass is 16.3. The molecule has 3 unspecified atom stereocenters. The van der Waals surface area contributed by atoms with Crippen LogP contribution in [0.1, 0.15) is 70.3 Å². The van der Waals surface area contributed by atoms with E-state index in [1.807, 2.05) is 12.1 Å². The van der Waals surface area contributed by atoms with Gasteiger partial charge >= 0.3 is 0 Å². The van der Waals surface area contributed by atoms with Gasteiger partial charge in [-0.2, -0.15) is 0 Å². The second-order valence-electron chi connectivity index (χ2n) is 8.29. The Bertz CT molecular complexity index is 521. The fourth-order valence-corrected chi connectivity index (χ4v) is 4.98. The zero-order chi connectivity index (χ0) is 16.4. The van der Waals surface area contributed by atoms with Crippen LogP contribution in [-0.2, 0) is 0 Å². The maximum atomic E-state index is 9.66. The van der Waals surface area contributed by atoms with E-state index in [9.17, 15) is 5.11 Å². The third-order valence-corrected chi connectivity index (χ3v) is 6.39. The Kier molecular flexibility index (Phi) is 5.14. The minimum absolute atomic E-state index is 0.376. The monoisotopic (exact) mass is 312 g/mol. The summed E-state index contributed by atoms with van der Waals surface area (Å²) in [6.07, 6.45) is 9.27. The van der Waals surface area contributed by atoms with Gasteiger partial charge in [-0.3, -0.25) is 0 Å². The van der Waals surface area contributed by atoms with Crippen LogP contribution in [0.25, 0.3) is 0 Å². The minimum atomic E-state index is 0.376. The van der Waals surface area contributed by atoms with Gasteiger partial charge in [0.15, 0.2) is 0 Å². The quantitative estimate of drug-likeness (QED) is 0.650. The Morgan fingerprint density at radius 3 is 2.13 bits per heavy atom. The van der Waals surface area contributed by atoms with Gasteiger partial charge in [0.05, 0.1) is 0 Å². The smallest absolute Gasteiger partial charge is 0.115 e. The van der Waals surface area contributed by atoms with Gasteiger partial charge in [0.1, 0.15) is 5.75 Å². The van der Waals surface area contributed by atoms with E-state index in [2.05, 4.69) is 32.6 Å². The maximum absolute atomic E-state index is 9.66. The Labute approximate surface area is 141 Å². The molecule has 0 saturated heterocycles. The van der Waals surface area contributed by atoms with E-state index >= 15 is 0 Å². The number of phenolic OH excluding ortho intramolecular Hbond substituents is 1. The Morgan fingerprint density at radius 2 is 1.52 bits per heavy atom. The molecule has 0 amide bonds. The highest BCUT2D eigenvalue weighted by Gasteiger charge is 2.36. The summed E-state index contributed by atoms with van der Waals surface area (Å²) >= 11 is 0. The van der Waals surface area contributed by atoms with Crippen LogP contribution in [0, 0.1) is 23.7 Å². The third-order valence-electron chi connectivity index (χ3n) is 6.39. The normalized spacial score (nSPS) is 33.4. The Balaban J connectivity index is 1.86. The largest absolute Gasteiger partial charge is 0.508 e. The first-order chi connectivity index (χ1) is 11.0. The fourth-order valence-electron chi connectivity index (χ4n) is 4.98. The zero-order valence-corrected chi connectivity index (χ0v) is 14.8. The van der Waals surface area contributed by atoms with Crippen LogP contribution >= 0.6 is 0 Å². The van der Waals surface area contributed by atoms with Crippen molar-refractivity contribution < 1.29 is 5.11 Å². The van der Waals surface area contributed by atoms with Gasteiger partial charge in [0, 0.05) is 0 Å². The predicted octanol–water partition coefficient (Wildman–Crippen LogP) is 6.29. The average Bonchev–Trinajstić information content (AvgIpc) is 2.53. The number of phenols is 1. The minimum Gasteiger partial charge on any atom is -0.508 e. The Hall–Kier alpha value is -1.24. The highest BCUT2D eigenvalue weighted by Crippen LogP contribution is 2.48. The van der Waals surface area contributed by atoms with Crippen LogP contribution in [0.4, 0.5) is 0 Å². The number of hydrogen-bond acceptors (Lipinski definition) is 1. The van der Waals surface area contributed by atoms with E-state index in [1.54, 1.807) is 0 Å². The molecule has 1 heteroatoms. The molecule has 0 bridgehead atoms. The van der Waals surface area contributed by atoms with Crippen molar-refractivity contribution in [3.05, 3.63) is 42.0 Å². The maximum Gasteiger partial charge on any atom is 0.115 e. The van der Waals surface area contributed by atoms with Crippen LogP contribution in [0.2, 0.25) is 0 Å². The molecular weight excluding hydrogens is 280 g/mol. The van der Waals surface area contributed by atoms with Crippen LogP contribution in [0.5, 0.6) is 5.75 Å². The van der Waals surface area contributed by atoms with Crippen molar-refractivity contribution in [3.63, 3.8) is 0 Å². The first-order valence-electron chi connectivity index (χ1n) is 9.51. The molecule has 3 atom stereocenters. The molecule has 1 aromatic rings. The van der Waals surface area contributed by atoms with Crippen LogP contribution in [-0.4, -0.2) is 5.11 Å². The van der Waals surface area contributed by atoms with Crippen LogP contribution in [0.15, 0.2) is 36.4 Å². The lowest BCUT2D eigenvalue weighted by Crippen LogP contribution is -2.29. The molecule has 126 valence electrons. The molecule has 2 saturated carbocycles. The topological polar surface area (TPSA) is 20.2 Å². The molecule has 0 radical (unpaired) electrons. The summed E-state index contributed by atoms with van der Waals surface area (Å²) in [5, 5.41) is 9.66. The first kappa shape index (κ1) is 16.6. The van der Waals surface area contributed by atoms with Gasteiger partial charge < -0.3 is 5.11 Å². The summed E-state index contributed by atoms with van der Waals surface area (Å²) in [5.74, 6) is 4.08. The molecule has 2 fully saturated rings. The molecule has 1 aromatic carbocycles. The van der Waals surface area contributed by atoms with Crippen molar-refractivity contribution in [1.82, 2.24) is 0 Å². The van der Waals surface area contributed by atoms with Gasteiger partial charge in [-0.05, 0) is 79.4 Å². The number of hydrogen-bond donors (Lipinski definition) is 1. The lowest BCUT2D eigenvalue weighted by molar-refractivity contribution is 0.200. The van der Waals surface area contributed by atoms with Gasteiger partial charge in [0.25, 0.3) is 0 Å². The van der Waals surface area contributed by atoms with E-state index in [-0.39, 0.29) is 0 Å². The summed E-state index contributed by atoms with van der Waals surface area (Å²) < 4.78 is 0. The number of benzene rings is 1. The van der Waals surface area contributed by atoms with Crippen molar-refractivity contribution in [2.45, 2.75) is 64.7 Å². The van der Waals surface area contributed by atoms with Gasteiger partial charge in [-0.15, -0.1) is 0 Å². The number of aromatic hydroxyl groups is 1. The molecule has 0 aromatic heterocycles.